The molecule has 4 nitrogen and oxygen atoms in total. The summed E-state index contributed by atoms with van der Waals surface area (Å²) in [5.74, 6) is 0.710. The molecule has 0 saturated heterocycles. The number of nitrogen functional groups attached to an aromatic ring is 1. The van der Waals surface area contributed by atoms with Gasteiger partial charge in [0.25, 0.3) is 0 Å². The third kappa shape index (κ3) is 1.54. The molecule has 0 aliphatic carbocycles. The van der Waals surface area contributed by atoms with Gasteiger partial charge in [0.05, 0.1) is 5.56 Å². The molecule has 0 bridgehead atoms. The first-order valence-electron chi connectivity index (χ1n) is 5.76. The first kappa shape index (κ1) is 10.8. The molecule has 2 aromatic rings. The average molecular weight is 239 g/mol. The van der Waals surface area contributed by atoms with Crippen molar-refractivity contribution in [2.45, 2.75) is 6.54 Å². The van der Waals surface area contributed by atoms with E-state index in [1.807, 2.05) is 24.1 Å². The molecule has 0 radical (unpaired) electrons. The van der Waals surface area contributed by atoms with Gasteiger partial charge in [0.2, 0.25) is 0 Å². The van der Waals surface area contributed by atoms with Crippen LogP contribution in [0.25, 0.3) is 0 Å². The Morgan fingerprint density at radius 2 is 2.11 bits per heavy atom. The van der Waals surface area contributed by atoms with Crippen LogP contribution in [-0.2, 0) is 6.54 Å². The molecule has 1 aliphatic rings. The van der Waals surface area contributed by atoms with E-state index in [0.717, 1.165) is 11.4 Å². The van der Waals surface area contributed by atoms with Gasteiger partial charge in [-0.25, -0.2) is 4.98 Å². The lowest BCUT2D eigenvalue weighted by Crippen LogP contribution is -2.17. The van der Waals surface area contributed by atoms with E-state index in [-0.39, 0.29) is 5.78 Å². The lowest BCUT2D eigenvalue weighted by molar-refractivity contribution is 0.103. The van der Waals surface area contributed by atoms with Crippen LogP contribution < -0.4 is 10.6 Å². The van der Waals surface area contributed by atoms with E-state index in [4.69, 9.17) is 5.73 Å². The number of hydrogen-bond donors (Lipinski definition) is 1. The molecule has 0 fully saturated rings. The monoisotopic (exact) mass is 239 g/mol. The van der Waals surface area contributed by atoms with Crippen molar-refractivity contribution in [3.05, 3.63) is 53.2 Å². The standard InChI is InChI=1S/C14H13N3O/c1-17-8-9-4-5-10(15)7-12(9)13(18)11-3-2-6-16-14(11)17/h2-7H,8,15H2,1H3. The fourth-order valence-corrected chi connectivity index (χ4v) is 2.30. The van der Waals surface area contributed by atoms with Crippen LogP contribution in [0.4, 0.5) is 11.5 Å². The summed E-state index contributed by atoms with van der Waals surface area (Å²) in [4.78, 5) is 18.8. The molecule has 18 heavy (non-hydrogen) atoms. The van der Waals surface area contributed by atoms with E-state index in [0.29, 0.717) is 23.4 Å². The van der Waals surface area contributed by atoms with Crippen molar-refractivity contribution in [2.75, 3.05) is 17.7 Å². The quantitative estimate of drug-likeness (QED) is 0.713. The van der Waals surface area contributed by atoms with Crippen molar-refractivity contribution in [1.29, 1.82) is 0 Å². The lowest BCUT2D eigenvalue weighted by atomic mass is 10.00. The second-order valence-corrected chi connectivity index (χ2v) is 4.48. The van der Waals surface area contributed by atoms with Crippen LogP contribution in [0.3, 0.4) is 0 Å². The summed E-state index contributed by atoms with van der Waals surface area (Å²) in [6.07, 6.45) is 1.70. The highest BCUT2D eigenvalue weighted by Gasteiger charge is 2.24. The molecular formula is C14H13N3O. The number of benzene rings is 1. The number of carbonyl (C=O) groups is 1. The fraction of sp³-hybridized carbons (Fsp3) is 0.143. The third-order valence-corrected chi connectivity index (χ3v) is 3.18. The van der Waals surface area contributed by atoms with Crippen LogP contribution in [0.2, 0.25) is 0 Å². The Balaban J connectivity index is 2.26. The summed E-state index contributed by atoms with van der Waals surface area (Å²) in [5, 5.41) is 0. The summed E-state index contributed by atoms with van der Waals surface area (Å²) in [6, 6.07) is 9.06. The normalized spacial score (nSPS) is 13.8. The molecule has 90 valence electrons. The summed E-state index contributed by atoms with van der Waals surface area (Å²) in [5.41, 5.74) is 8.66. The summed E-state index contributed by atoms with van der Waals surface area (Å²) < 4.78 is 0. The predicted molar refractivity (Wildman–Crippen MR) is 70.6 cm³/mol. The lowest BCUT2D eigenvalue weighted by Gasteiger charge is -2.17. The molecule has 0 unspecified atom stereocenters. The second-order valence-electron chi connectivity index (χ2n) is 4.48. The highest BCUT2D eigenvalue weighted by atomic mass is 16.1. The van der Waals surface area contributed by atoms with Crippen LogP contribution >= 0.6 is 0 Å². The molecule has 2 heterocycles. The minimum Gasteiger partial charge on any atom is -0.399 e. The Bertz CT molecular complexity index is 637. The maximum absolute atomic E-state index is 12.5. The minimum atomic E-state index is -0.00949. The maximum atomic E-state index is 12.5. The number of aromatic nitrogens is 1. The number of ketones is 1. The average Bonchev–Trinajstić information content (AvgIpc) is 2.48. The highest BCUT2D eigenvalue weighted by molar-refractivity contribution is 6.13. The molecule has 0 amide bonds. The molecule has 0 saturated carbocycles. The Morgan fingerprint density at radius 1 is 1.28 bits per heavy atom. The van der Waals surface area contributed by atoms with Gasteiger partial charge in [-0.05, 0) is 29.8 Å². The number of hydrogen-bond acceptors (Lipinski definition) is 4. The van der Waals surface area contributed by atoms with E-state index >= 15 is 0 Å². The number of carbonyl (C=O) groups excluding carboxylic acids is 1. The Labute approximate surface area is 105 Å². The number of nitrogens with zero attached hydrogens (tertiary/aromatic N) is 2. The van der Waals surface area contributed by atoms with Gasteiger partial charge in [0.1, 0.15) is 5.82 Å². The zero-order valence-electron chi connectivity index (χ0n) is 10.1. The number of pyridine rings is 1. The fourth-order valence-electron chi connectivity index (χ4n) is 2.30. The van der Waals surface area contributed by atoms with Crippen LogP contribution in [0, 0.1) is 0 Å². The third-order valence-electron chi connectivity index (χ3n) is 3.18. The Morgan fingerprint density at radius 3 is 2.94 bits per heavy atom. The molecule has 0 atom stereocenters. The second kappa shape index (κ2) is 3.84. The first-order chi connectivity index (χ1) is 8.66. The topological polar surface area (TPSA) is 59.2 Å². The van der Waals surface area contributed by atoms with E-state index in [1.54, 1.807) is 24.4 Å². The van der Waals surface area contributed by atoms with Crippen molar-refractivity contribution < 1.29 is 4.79 Å². The van der Waals surface area contributed by atoms with E-state index in [9.17, 15) is 4.79 Å². The number of fused-ring (bicyclic) bond motifs is 2. The van der Waals surface area contributed by atoms with Gasteiger partial charge in [-0.1, -0.05) is 6.07 Å². The number of rotatable bonds is 0. The van der Waals surface area contributed by atoms with Gasteiger partial charge in [-0.2, -0.15) is 0 Å². The molecule has 4 heteroatoms. The SMILES string of the molecule is CN1Cc2ccc(N)cc2C(=O)c2cccnc21. The van der Waals surface area contributed by atoms with Crippen molar-refractivity contribution in [3.63, 3.8) is 0 Å². The Hall–Kier alpha value is -2.36. The van der Waals surface area contributed by atoms with E-state index in [2.05, 4.69) is 4.98 Å². The van der Waals surface area contributed by atoms with Gasteiger partial charge in [0, 0.05) is 31.0 Å². The zero-order chi connectivity index (χ0) is 12.7. The van der Waals surface area contributed by atoms with Gasteiger partial charge in [-0.3, -0.25) is 4.79 Å². The van der Waals surface area contributed by atoms with Crippen LogP contribution in [0.15, 0.2) is 36.5 Å². The van der Waals surface area contributed by atoms with E-state index in [1.165, 1.54) is 0 Å². The Kier molecular flexibility index (Phi) is 2.30. The predicted octanol–water partition coefficient (Wildman–Crippen LogP) is 1.84. The maximum Gasteiger partial charge on any atom is 0.197 e. The molecule has 1 aliphatic heterocycles. The molecular weight excluding hydrogens is 226 g/mol. The van der Waals surface area contributed by atoms with Gasteiger partial charge < -0.3 is 10.6 Å². The van der Waals surface area contributed by atoms with E-state index < -0.39 is 0 Å². The molecule has 1 aromatic carbocycles. The molecule has 3 rings (SSSR count). The first-order valence-corrected chi connectivity index (χ1v) is 5.76. The van der Waals surface area contributed by atoms with Crippen LogP contribution in [-0.4, -0.2) is 17.8 Å². The van der Waals surface area contributed by atoms with Gasteiger partial charge in [-0.15, -0.1) is 0 Å². The highest BCUT2D eigenvalue weighted by Crippen LogP contribution is 2.28. The summed E-state index contributed by atoms with van der Waals surface area (Å²) in [6.45, 7) is 0.658. The summed E-state index contributed by atoms with van der Waals surface area (Å²) >= 11 is 0. The van der Waals surface area contributed by atoms with Crippen molar-refractivity contribution in [2.24, 2.45) is 0 Å². The minimum absolute atomic E-state index is 0.00949. The van der Waals surface area contributed by atoms with Crippen molar-refractivity contribution in [3.8, 4) is 0 Å². The molecule has 2 N–H and O–H groups in total. The summed E-state index contributed by atoms with van der Waals surface area (Å²) in [7, 11) is 1.94. The van der Waals surface area contributed by atoms with Crippen molar-refractivity contribution >= 4 is 17.3 Å². The number of anilines is 2. The smallest absolute Gasteiger partial charge is 0.197 e. The van der Waals surface area contributed by atoms with Crippen molar-refractivity contribution in [1.82, 2.24) is 4.98 Å². The van der Waals surface area contributed by atoms with Gasteiger partial charge >= 0.3 is 0 Å². The van der Waals surface area contributed by atoms with Gasteiger partial charge in [0.15, 0.2) is 5.78 Å². The largest absolute Gasteiger partial charge is 0.399 e. The zero-order valence-corrected chi connectivity index (χ0v) is 10.1. The molecule has 1 aromatic heterocycles. The van der Waals surface area contributed by atoms with Crippen LogP contribution in [0.1, 0.15) is 21.5 Å². The molecule has 0 spiro atoms. The number of nitrogens with two attached hydrogens (primary N) is 1. The van der Waals surface area contributed by atoms with Crippen LogP contribution in [0.5, 0.6) is 0 Å².